The lowest BCUT2D eigenvalue weighted by Gasteiger charge is -2.43. The number of hydrogen-bond donors (Lipinski definition) is 3. The summed E-state index contributed by atoms with van der Waals surface area (Å²) < 4.78 is 13.5. The number of hydrogen-bond acceptors (Lipinski definition) is 6. The van der Waals surface area contributed by atoms with E-state index in [1.807, 2.05) is 48.5 Å². The summed E-state index contributed by atoms with van der Waals surface area (Å²) in [5, 5.41) is 21.5. The average molecular weight is 667 g/mol. The fourth-order valence-corrected chi connectivity index (χ4v) is 6.50. The van der Waals surface area contributed by atoms with Gasteiger partial charge in [0.05, 0.1) is 18.8 Å². The molecule has 8 nitrogen and oxygen atoms in total. The van der Waals surface area contributed by atoms with Crippen LogP contribution in [-0.2, 0) is 25.7 Å². The lowest BCUT2D eigenvalue weighted by molar-refractivity contribution is -0.276. The van der Waals surface area contributed by atoms with Crippen molar-refractivity contribution in [1.82, 2.24) is 4.90 Å². The fourth-order valence-electron chi connectivity index (χ4n) is 6.50. The Bertz CT molecular complexity index is 1170. The molecule has 48 heavy (non-hydrogen) atoms. The second-order valence-electron chi connectivity index (χ2n) is 13.6. The Morgan fingerprint density at radius 2 is 1.40 bits per heavy atom. The van der Waals surface area contributed by atoms with Crippen molar-refractivity contribution in [2.75, 3.05) is 25.0 Å². The molecule has 0 aromatic heterocycles. The van der Waals surface area contributed by atoms with Crippen molar-refractivity contribution in [3.05, 3.63) is 65.2 Å². The van der Waals surface area contributed by atoms with E-state index in [9.17, 15) is 14.7 Å². The predicted octanol–water partition coefficient (Wildman–Crippen LogP) is 9.19. The number of rotatable bonds is 24. The number of aliphatic hydroxyl groups is 1. The van der Waals surface area contributed by atoms with E-state index in [1.54, 1.807) is 0 Å². The number of aliphatic carboxylic acids is 1. The number of nitrogens with zero attached hydrogens (tertiary/aromatic N) is 1. The Kier molecular flexibility index (Phi) is 18.8. The Hall–Kier alpha value is -2.78. The first-order chi connectivity index (χ1) is 23.3. The van der Waals surface area contributed by atoms with Crippen LogP contribution in [0.4, 0.5) is 5.69 Å². The third-order valence-corrected chi connectivity index (χ3v) is 9.45. The molecule has 1 heterocycles. The number of amides is 1. The van der Waals surface area contributed by atoms with Gasteiger partial charge in [-0.15, -0.1) is 0 Å². The molecule has 1 amide bonds. The van der Waals surface area contributed by atoms with Crippen LogP contribution in [0.3, 0.4) is 0 Å². The number of carbonyl (C=O) groups excluding carboxylic acids is 1. The van der Waals surface area contributed by atoms with Crippen molar-refractivity contribution < 1.29 is 29.3 Å². The normalized spacial score (nSPS) is 19.4. The zero-order chi connectivity index (χ0) is 34.6. The van der Waals surface area contributed by atoms with Gasteiger partial charge >= 0.3 is 5.97 Å². The third-order valence-electron chi connectivity index (χ3n) is 9.45. The summed E-state index contributed by atoms with van der Waals surface area (Å²) in [6.07, 6.45) is 14.8. The van der Waals surface area contributed by atoms with Crippen molar-refractivity contribution in [2.45, 2.75) is 142 Å². The standard InChI is InChI=1S/C40H62N2O6/c1-4-6-8-10-12-14-26-42(27-15-13-11-9-7-5-2)29-36-31(3)39(33-24-22-32(30-43)23-25-33)48-40(47-36)34-18-16-19-35(28-34)41-37(44)20-17-21-38(45)46/h16,18-19,22-25,28,31,36,39-40,43H,4-15,17,20-21,26-27,29-30H2,1-3H3,(H,41,44)(H,45,46)/t31-,36+,39+,40+/m0/s1. The molecular formula is C40H62N2O6. The molecule has 268 valence electrons. The van der Waals surface area contributed by atoms with Crippen LogP contribution in [0.1, 0.15) is 146 Å². The molecule has 4 atom stereocenters. The molecule has 1 aliphatic rings. The van der Waals surface area contributed by atoms with Gasteiger partial charge in [0.2, 0.25) is 5.91 Å². The molecule has 0 bridgehead atoms. The molecular weight excluding hydrogens is 604 g/mol. The van der Waals surface area contributed by atoms with Gasteiger partial charge in [0.15, 0.2) is 6.29 Å². The number of carboxylic acid groups (broad SMARTS) is 1. The summed E-state index contributed by atoms with van der Waals surface area (Å²) >= 11 is 0. The zero-order valence-electron chi connectivity index (χ0n) is 29.8. The minimum absolute atomic E-state index is 0.00358. The van der Waals surface area contributed by atoms with Gasteiger partial charge in [0, 0.05) is 36.6 Å². The summed E-state index contributed by atoms with van der Waals surface area (Å²) in [4.78, 5) is 26.0. The van der Waals surface area contributed by atoms with E-state index in [1.165, 1.54) is 77.0 Å². The smallest absolute Gasteiger partial charge is 0.303 e. The molecule has 3 N–H and O–H groups in total. The molecule has 2 aromatic carbocycles. The summed E-state index contributed by atoms with van der Waals surface area (Å²) in [7, 11) is 0. The van der Waals surface area contributed by atoms with Gasteiger partial charge in [0.1, 0.15) is 0 Å². The first-order valence-corrected chi connectivity index (χ1v) is 18.7. The summed E-state index contributed by atoms with van der Waals surface area (Å²) in [5.74, 6) is -1.03. The molecule has 1 saturated heterocycles. The molecule has 0 radical (unpaired) electrons. The Morgan fingerprint density at radius 3 is 2.00 bits per heavy atom. The van der Waals surface area contributed by atoms with Crippen molar-refractivity contribution >= 4 is 17.6 Å². The highest BCUT2D eigenvalue weighted by Gasteiger charge is 2.39. The van der Waals surface area contributed by atoms with Crippen LogP contribution in [0, 0.1) is 5.92 Å². The lowest BCUT2D eigenvalue weighted by atomic mass is 9.90. The zero-order valence-corrected chi connectivity index (χ0v) is 29.8. The van der Waals surface area contributed by atoms with E-state index >= 15 is 0 Å². The molecule has 0 spiro atoms. The van der Waals surface area contributed by atoms with Crippen molar-refractivity contribution in [3.63, 3.8) is 0 Å². The number of unbranched alkanes of at least 4 members (excludes halogenated alkanes) is 10. The number of anilines is 1. The minimum Gasteiger partial charge on any atom is -0.481 e. The van der Waals surface area contributed by atoms with Gasteiger partial charge in [-0.05, 0) is 55.6 Å². The number of ether oxygens (including phenoxy) is 2. The van der Waals surface area contributed by atoms with E-state index in [4.69, 9.17) is 14.6 Å². The third kappa shape index (κ3) is 14.4. The maximum atomic E-state index is 12.5. The van der Waals surface area contributed by atoms with Crippen LogP contribution in [0.5, 0.6) is 0 Å². The minimum atomic E-state index is -0.904. The number of nitrogens with one attached hydrogen (secondary N) is 1. The van der Waals surface area contributed by atoms with Gasteiger partial charge in [-0.1, -0.05) is 121 Å². The molecule has 0 saturated carbocycles. The largest absolute Gasteiger partial charge is 0.481 e. The van der Waals surface area contributed by atoms with Gasteiger partial charge in [-0.3, -0.25) is 9.59 Å². The number of aliphatic hydroxyl groups excluding tert-OH is 1. The first kappa shape index (κ1) is 39.7. The van der Waals surface area contributed by atoms with Crippen molar-refractivity contribution in [1.29, 1.82) is 0 Å². The quantitative estimate of drug-likeness (QED) is 0.0959. The number of carbonyl (C=O) groups is 2. The van der Waals surface area contributed by atoms with Crippen LogP contribution in [0.15, 0.2) is 48.5 Å². The second-order valence-corrected chi connectivity index (χ2v) is 13.6. The Balaban J connectivity index is 1.77. The maximum Gasteiger partial charge on any atom is 0.303 e. The van der Waals surface area contributed by atoms with E-state index in [0.29, 0.717) is 12.1 Å². The number of carboxylic acids is 1. The summed E-state index contributed by atoms with van der Waals surface area (Å²) in [6, 6.07) is 15.6. The Morgan fingerprint density at radius 1 is 0.771 bits per heavy atom. The van der Waals surface area contributed by atoms with E-state index < -0.39 is 12.3 Å². The molecule has 2 aromatic rings. The SMILES string of the molecule is CCCCCCCCN(CCCCCCCC)C[C@H]1O[C@@H](c2cccc(NC(=O)CCCC(=O)O)c2)O[C@@H](c2ccc(CO)cc2)[C@H]1C. The molecule has 1 aliphatic heterocycles. The van der Waals surface area contributed by atoms with Crippen LogP contribution in [0.25, 0.3) is 0 Å². The summed E-state index contributed by atoms with van der Waals surface area (Å²) in [5.41, 5.74) is 3.37. The van der Waals surface area contributed by atoms with E-state index in [2.05, 4.69) is 31.0 Å². The van der Waals surface area contributed by atoms with Crippen LogP contribution in [-0.4, -0.2) is 52.7 Å². The van der Waals surface area contributed by atoms with Crippen LogP contribution >= 0.6 is 0 Å². The van der Waals surface area contributed by atoms with E-state index in [0.717, 1.165) is 36.3 Å². The van der Waals surface area contributed by atoms with Gasteiger partial charge < -0.3 is 29.9 Å². The highest BCUT2D eigenvalue weighted by molar-refractivity contribution is 5.90. The van der Waals surface area contributed by atoms with Crippen molar-refractivity contribution in [2.24, 2.45) is 5.92 Å². The van der Waals surface area contributed by atoms with Gasteiger partial charge in [0.25, 0.3) is 0 Å². The molecule has 0 aliphatic carbocycles. The molecule has 3 rings (SSSR count). The molecule has 1 fully saturated rings. The first-order valence-electron chi connectivity index (χ1n) is 18.7. The molecule has 0 unspecified atom stereocenters. The summed E-state index contributed by atoms with van der Waals surface area (Å²) in [6.45, 7) is 9.70. The Labute approximate surface area is 289 Å². The topological polar surface area (TPSA) is 108 Å². The average Bonchev–Trinajstić information content (AvgIpc) is 3.08. The number of benzene rings is 2. The maximum absolute atomic E-state index is 12.5. The van der Waals surface area contributed by atoms with E-state index in [-0.39, 0.29) is 43.5 Å². The molecule has 8 heteroatoms. The fraction of sp³-hybridized carbons (Fsp3) is 0.650. The van der Waals surface area contributed by atoms with Gasteiger partial charge in [-0.2, -0.15) is 0 Å². The van der Waals surface area contributed by atoms with Gasteiger partial charge in [-0.25, -0.2) is 0 Å². The second kappa shape index (κ2) is 22.8. The highest BCUT2D eigenvalue weighted by Crippen LogP contribution is 2.42. The lowest BCUT2D eigenvalue weighted by Crippen LogP contribution is -2.45. The predicted molar refractivity (Wildman–Crippen MR) is 193 cm³/mol. The van der Waals surface area contributed by atoms with Crippen molar-refractivity contribution in [3.8, 4) is 0 Å². The van der Waals surface area contributed by atoms with Crippen LogP contribution in [0.2, 0.25) is 0 Å². The monoisotopic (exact) mass is 666 g/mol. The highest BCUT2D eigenvalue weighted by atomic mass is 16.7. The van der Waals surface area contributed by atoms with Crippen LogP contribution < -0.4 is 5.32 Å².